The summed E-state index contributed by atoms with van der Waals surface area (Å²) < 4.78 is 16.4. The summed E-state index contributed by atoms with van der Waals surface area (Å²) in [5.41, 5.74) is 7.79. The molecule has 1 atom stereocenters. The number of hydrogen-bond donors (Lipinski definition) is 1. The van der Waals surface area contributed by atoms with Crippen LogP contribution in [0.15, 0.2) is 36.5 Å². The maximum Gasteiger partial charge on any atom is 0.231 e. The van der Waals surface area contributed by atoms with Gasteiger partial charge in [-0.15, -0.1) is 0 Å². The van der Waals surface area contributed by atoms with Crippen LogP contribution in [0.1, 0.15) is 24.1 Å². The average molecular weight is 272 g/mol. The third kappa shape index (κ3) is 2.53. The molecule has 1 aromatic carbocycles. The Hall–Kier alpha value is -2.27. The minimum absolute atomic E-state index is 0.115. The van der Waals surface area contributed by atoms with Crippen molar-refractivity contribution in [1.82, 2.24) is 4.98 Å². The zero-order valence-electron chi connectivity index (χ0n) is 11.2. The minimum Gasteiger partial charge on any atom is -0.473 e. The first-order valence-electron chi connectivity index (χ1n) is 6.46. The first-order chi connectivity index (χ1) is 9.74. The summed E-state index contributed by atoms with van der Waals surface area (Å²) in [6, 6.07) is 9.40. The molecule has 1 aliphatic heterocycles. The molecular weight excluding hydrogens is 256 g/mol. The second-order valence-corrected chi connectivity index (χ2v) is 4.66. The van der Waals surface area contributed by atoms with Gasteiger partial charge in [0.2, 0.25) is 12.7 Å². The zero-order valence-corrected chi connectivity index (χ0v) is 11.2. The monoisotopic (exact) mass is 272 g/mol. The summed E-state index contributed by atoms with van der Waals surface area (Å²) in [7, 11) is 0. The molecule has 1 aromatic heterocycles. The van der Waals surface area contributed by atoms with Crippen molar-refractivity contribution in [3.63, 3.8) is 0 Å². The third-order valence-electron chi connectivity index (χ3n) is 3.10. The molecule has 0 saturated heterocycles. The molecule has 0 radical (unpaired) electrons. The predicted octanol–water partition coefficient (Wildman–Crippen LogP) is 2.41. The fraction of sp³-hybridized carbons (Fsp3) is 0.267. The average Bonchev–Trinajstić information content (AvgIpc) is 2.92. The summed E-state index contributed by atoms with van der Waals surface area (Å²) in [5, 5.41) is 0. The van der Waals surface area contributed by atoms with E-state index in [4.69, 9.17) is 19.9 Å². The van der Waals surface area contributed by atoms with Crippen LogP contribution in [0.2, 0.25) is 0 Å². The number of ether oxygens (including phenoxy) is 3. The normalized spacial score (nSPS) is 14.1. The van der Waals surface area contributed by atoms with E-state index in [-0.39, 0.29) is 12.8 Å². The smallest absolute Gasteiger partial charge is 0.231 e. The number of nitrogens with zero attached hydrogens (tertiary/aromatic N) is 1. The quantitative estimate of drug-likeness (QED) is 0.925. The Kier molecular flexibility index (Phi) is 3.43. The van der Waals surface area contributed by atoms with E-state index in [2.05, 4.69) is 4.98 Å². The number of nitrogens with two attached hydrogens (primary N) is 1. The highest BCUT2D eigenvalue weighted by atomic mass is 16.7. The highest BCUT2D eigenvalue weighted by Crippen LogP contribution is 2.32. The van der Waals surface area contributed by atoms with Gasteiger partial charge in [0, 0.05) is 17.8 Å². The first kappa shape index (κ1) is 12.7. The van der Waals surface area contributed by atoms with Gasteiger partial charge >= 0.3 is 0 Å². The van der Waals surface area contributed by atoms with Crippen LogP contribution in [0.25, 0.3) is 0 Å². The van der Waals surface area contributed by atoms with Crippen LogP contribution < -0.4 is 19.9 Å². The van der Waals surface area contributed by atoms with Crippen LogP contribution in [0.3, 0.4) is 0 Å². The topological polar surface area (TPSA) is 66.6 Å². The number of aromatic nitrogens is 1. The molecular formula is C15H16N2O3. The Bertz CT molecular complexity index is 614. The molecule has 2 heterocycles. The van der Waals surface area contributed by atoms with Gasteiger partial charge in [0.25, 0.3) is 0 Å². The molecule has 3 rings (SSSR count). The van der Waals surface area contributed by atoms with Gasteiger partial charge in [0.05, 0.1) is 0 Å². The van der Waals surface area contributed by atoms with Gasteiger partial charge in [-0.2, -0.15) is 0 Å². The third-order valence-corrected chi connectivity index (χ3v) is 3.10. The van der Waals surface area contributed by atoms with Crippen LogP contribution in [0, 0.1) is 0 Å². The van der Waals surface area contributed by atoms with Gasteiger partial charge in [-0.3, -0.25) is 0 Å². The maximum atomic E-state index is 5.90. The highest BCUT2D eigenvalue weighted by molar-refractivity contribution is 5.44. The van der Waals surface area contributed by atoms with E-state index >= 15 is 0 Å². The van der Waals surface area contributed by atoms with Crippen molar-refractivity contribution in [1.29, 1.82) is 0 Å². The van der Waals surface area contributed by atoms with E-state index < -0.39 is 0 Å². The van der Waals surface area contributed by atoms with Crippen molar-refractivity contribution in [2.75, 3.05) is 6.79 Å². The van der Waals surface area contributed by atoms with E-state index in [0.29, 0.717) is 12.5 Å². The summed E-state index contributed by atoms with van der Waals surface area (Å²) >= 11 is 0. The molecule has 0 bridgehead atoms. The van der Waals surface area contributed by atoms with Gasteiger partial charge in [-0.25, -0.2) is 4.98 Å². The van der Waals surface area contributed by atoms with Crippen molar-refractivity contribution < 1.29 is 14.2 Å². The van der Waals surface area contributed by atoms with Crippen LogP contribution in [-0.2, 0) is 6.61 Å². The van der Waals surface area contributed by atoms with Gasteiger partial charge < -0.3 is 19.9 Å². The lowest BCUT2D eigenvalue weighted by atomic mass is 10.1. The SMILES string of the molecule is CC(N)c1cccnc1OCc1ccc2c(c1)OCO2. The first-order valence-corrected chi connectivity index (χ1v) is 6.46. The van der Waals surface area contributed by atoms with Crippen LogP contribution in [0.5, 0.6) is 17.4 Å². The lowest BCUT2D eigenvalue weighted by molar-refractivity contribution is 0.174. The fourth-order valence-electron chi connectivity index (χ4n) is 2.05. The number of fused-ring (bicyclic) bond motifs is 1. The molecule has 0 amide bonds. The Morgan fingerprint density at radius 2 is 2.15 bits per heavy atom. The van der Waals surface area contributed by atoms with Crippen molar-refractivity contribution in [2.24, 2.45) is 5.73 Å². The maximum absolute atomic E-state index is 5.90. The van der Waals surface area contributed by atoms with Crippen molar-refractivity contribution in [3.8, 4) is 17.4 Å². The zero-order chi connectivity index (χ0) is 13.9. The molecule has 0 aliphatic carbocycles. The van der Waals surface area contributed by atoms with Gasteiger partial charge in [0.1, 0.15) is 6.61 Å². The van der Waals surface area contributed by atoms with Crippen LogP contribution in [-0.4, -0.2) is 11.8 Å². The minimum atomic E-state index is -0.115. The van der Waals surface area contributed by atoms with E-state index in [0.717, 1.165) is 22.6 Å². The molecule has 0 spiro atoms. The summed E-state index contributed by atoms with van der Waals surface area (Å²) in [4.78, 5) is 4.23. The molecule has 0 fully saturated rings. The molecule has 2 N–H and O–H groups in total. The molecule has 1 aliphatic rings. The van der Waals surface area contributed by atoms with Gasteiger partial charge in [-0.05, 0) is 30.7 Å². The van der Waals surface area contributed by atoms with Crippen molar-refractivity contribution in [3.05, 3.63) is 47.7 Å². The van der Waals surface area contributed by atoms with E-state index in [1.807, 2.05) is 37.3 Å². The second-order valence-electron chi connectivity index (χ2n) is 4.66. The molecule has 5 heteroatoms. The van der Waals surface area contributed by atoms with Crippen LogP contribution in [0.4, 0.5) is 0 Å². The lowest BCUT2D eigenvalue weighted by Gasteiger charge is -2.12. The van der Waals surface area contributed by atoms with Gasteiger partial charge in [-0.1, -0.05) is 12.1 Å². The van der Waals surface area contributed by atoms with E-state index in [1.54, 1.807) is 6.20 Å². The second kappa shape index (κ2) is 5.38. The largest absolute Gasteiger partial charge is 0.473 e. The summed E-state index contributed by atoms with van der Waals surface area (Å²) in [6.07, 6.45) is 1.70. The summed E-state index contributed by atoms with van der Waals surface area (Å²) in [5.74, 6) is 2.09. The molecule has 20 heavy (non-hydrogen) atoms. The number of rotatable bonds is 4. The molecule has 1 unspecified atom stereocenters. The summed E-state index contributed by atoms with van der Waals surface area (Å²) in [6.45, 7) is 2.59. The number of hydrogen-bond acceptors (Lipinski definition) is 5. The number of pyridine rings is 1. The van der Waals surface area contributed by atoms with E-state index in [1.165, 1.54) is 0 Å². The van der Waals surface area contributed by atoms with Crippen molar-refractivity contribution >= 4 is 0 Å². The fourth-order valence-corrected chi connectivity index (χ4v) is 2.05. The Labute approximate surface area is 117 Å². The van der Waals surface area contributed by atoms with Gasteiger partial charge in [0.15, 0.2) is 11.5 Å². The molecule has 5 nitrogen and oxygen atoms in total. The number of benzene rings is 1. The standard InChI is InChI=1S/C15H16N2O3/c1-10(16)12-3-2-6-17-15(12)18-8-11-4-5-13-14(7-11)20-9-19-13/h2-7,10H,8-9,16H2,1H3. The Morgan fingerprint density at radius 1 is 1.30 bits per heavy atom. The highest BCUT2D eigenvalue weighted by Gasteiger charge is 2.14. The van der Waals surface area contributed by atoms with Crippen molar-refractivity contribution in [2.45, 2.75) is 19.6 Å². The Morgan fingerprint density at radius 3 is 3.00 bits per heavy atom. The van der Waals surface area contributed by atoms with E-state index in [9.17, 15) is 0 Å². The Balaban J connectivity index is 1.74. The molecule has 0 saturated carbocycles. The molecule has 2 aromatic rings. The molecule has 104 valence electrons. The lowest BCUT2D eigenvalue weighted by Crippen LogP contribution is -2.09. The van der Waals surface area contributed by atoms with Crippen LogP contribution >= 0.6 is 0 Å². The predicted molar refractivity (Wildman–Crippen MR) is 73.7 cm³/mol.